The Morgan fingerprint density at radius 3 is 1.12 bits per heavy atom. The molecule has 10 rings (SSSR count). The zero-order valence-corrected chi connectivity index (χ0v) is 46.3. The molecule has 0 radical (unpaired) electrons. The molecule has 1 unspecified atom stereocenters. The van der Waals surface area contributed by atoms with Crippen molar-refractivity contribution in [3.8, 4) is 0 Å². The molecule has 6 aromatic rings. The summed E-state index contributed by atoms with van der Waals surface area (Å²) in [6.07, 6.45) is 18.4. The Morgan fingerprint density at radius 2 is 0.743 bits per heavy atom. The summed E-state index contributed by atoms with van der Waals surface area (Å²) >= 11 is 0. The van der Waals surface area contributed by atoms with Gasteiger partial charge in [0.15, 0.2) is 0 Å². The van der Waals surface area contributed by atoms with E-state index in [1.165, 1.54) is 157 Å². The van der Waals surface area contributed by atoms with Crippen LogP contribution in [0, 0.1) is 0 Å². The third-order valence-electron chi connectivity index (χ3n) is 17.0. The summed E-state index contributed by atoms with van der Waals surface area (Å²) in [5.41, 5.74) is 24.0. The van der Waals surface area contributed by atoms with E-state index in [1.807, 2.05) is 0 Å². The zero-order chi connectivity index (χ0) is 51.5. The number of nitrogens with zero attached hydrogens (tertiary/aromatic N) is 2. The lowest BCUT2D eigenvalue weighted by Crippen LogP contribution is -2.32. The van der Waals surface area contributed by atoms with Gasteiger partial charge in [-0.15, -0.1) is 0 Å². The highest BCUT2D eigenvalue weighted by Crippen LogP contribution is 2.40. The fraction of sp³-hybridized carbons (Fsp3) is 0.437. The first-order chi connectivity index (χ1) is 35.9. The molecule has 2 heterocycles. The number of hydrogen-bond acceptors (Lipinski definition) is 3. The van der Waals surface area contributed by atoms with Crippen molar-refractivity contribution in [3.05, 3.63) is 224 Å². The maximum absolute atomic E-state index is 10.7. The standard InChI is InChI=1S/C36H45NO.C35H43N/c1-36(2,3)31-20-18-29(19-21-31)34(38)15-5-4-10-24-37-25-22-30(23-26-37)35-32-13-8-6-11-27(32)16-17-28-12-7-9-14-33(28)35;1-35(2,3)31-20-16-27(17-21-31)11-5-4-10-24-36-25-22-30(23-26-36)34-32-14-8-6-12-28(32)18-19-29-13-7-9-15-33(29)34/h6-9,11-14,18-21,34,38H,4-5,10,15-17,22-26H2,1-3H3;6-9,12-17,20-21H,4-5,10-11,18-19,22-26H2,1-3H3. The van der Waals surface area contributed by atoms with Crippen LogP contribution in [-0.2, 0) is 42.9 Å². The van der Waals surface area contributed by atoms with Gasteiger partial charge in [-0.1, -0.05) is 218 Å². The molecule has 3 nitrogen and oxygen atoms in total. The largest absolute Gasteiger partial charge is 0.388 e. The van der Waals surface area contributed by atoms with Gasteiger partial charge in [0.2, 0.25) is 0 Å². The first kappa shape index (κ1) is 53.5. The Morgan fingerprint density at radius 1 is 0.392 bits per heavy atom. The van der Waals surface area contributed by atoms with Crippen LogP contribution in [0.3, 0.4) is 0 Å². The number of aliphatic hydroxyl groups is 1. The van der Waals surface area contributed by atoms with Crippen molar-refractivity contribution >= 4 is 11.1 Å². The Balaban J connectivity index is 0.000000182. The summed E-state index contributed by atoms with van der Waals surface area (Å²) in [7, 11) is 0. The maximum atomic E-state index is 10.7. The lowest BCUT2D eigenvalue weighted by molar-refractivity contribution is 0.162. The molecule has 2 saturated heterocycles. The van der Waals surface area contributed by atoms with Crippen LogP contribution in [0.15, 0.2) is 157 Å². The lowest BCUT2D eigenvalue weighted by Gasteiger charge is -2.30. The Labute approximate surface area is 447 Å². The molecule has 2 aliphatic carbocycles. The van der Waals surface area contributed by atoms with Crippen molar-refractivity contribution in [1.82, 2.24) is 9.80 Å². The van der Waals surface area contributed by atoms with Crippen LogP contribution in [-0.4, -0.2) is 54.2 Å². The Kier molecular flexibility index (Phi) is 18.1. The second kappa shape index (κ2) is 25.0. The van der Waals surface area contributed by atoms with Crippen molar-refractivity contribution in [2.24, 2.45) is 0 Å². The smallest absolute Gasteiger partial charge is 0.0790 e. The van der Waals surface area contributed by atoms with Gasteiger partial charge in [0.25, 0.3) is 0 Å². The van der Waals surface area contributed by atoms with E-state index in [9.17, 15) is 5.11 Å². The molecule has 1 N–H and O–H groups in total. The predicted molar refractivity (Wildman–Crippen MR) is 315 cm³/mol. The molecule has 4 aliphatic rings. The number of piperidine rings is 2. The molecule has 6 aromatic carbocycles. The second-order valence-electron chi connectivity index (χ2n) is 24.3. The minimum Gasteiger partial charge on any atom is -0.388 e. The van der Waals surface area contributed by atoms with Gasteiger partial charge in [-0.3, -0.25) is 0 Å². The van der Waals surface area contributed by atoms with E-state index < -0.39 is 0 Å². The van der Waals surface area contributed by atoms with Crippen LogP contribution in [0.5, 0.6) is 0 Å². The van der Waals surface area contributed by atoms with Gasteiger partial charge in [-0.05, 0) is 185 Å². The normalized spacial score (nSPS) is 16.7. The summed E-state index contributed by atoms with van der Waals surface area (Å²) in [6.45, 7) is 20.7. The van der Waals surface area contributed by atoms with E-state index in [0.29, 0.717) is 0 Å². The number of aryl methyl sites for hydroxylation is 5. The van der Waals surface area contributed by atoms with Crippen LogP contribution in [0.4, 0.5) is 0 Å². The molecule has 1 atom stereocenters. The molecule has 0 saturated carbocycles. The van der Waals surface area contributed by atoms with Gasteiger partial charge >= 0.3 is 0 Å². The SMILES string of the molecule is CC(C)(C)c1ccc(C(O)CCCCCN2CCC(=C3c4ccccc4CCc4ccccc43)CC2)cc1.CC(C)(C)c1ccc(CCCCCN2CCC(=C3c4ccccc4CCc4ccccc43)CC2)cc1. The van der Waals surface area contributed by atoms with Crippen molar-refractivity contribution in [3.63, 3.8) is 0 Å². The monoisotopic (exact) mass is 985 g/mol. The van der Waals surface area contributed by atoms with Crippen molar-refractivity contribution in [2.45, 2.75) is 161 Å². The summed E-state index contributed by atoms with van der Waals surface area (Å²) in [4.78, 5) is 5.36. The van der Waals surface area contributed by atoms with Crippen LogP contribution in [0.1, 0.15) is 185 Å². The molecule has 74 heavy (non-hydrogen) atoms. The number of unbranched alkanes of at least 4 members (excludes halogenated alkanes) is 4. The summed E-state index contributed by atoms with van der Waals surface area (Å²) in [5, 5.41) is 10.7. The van der Waals surface area contributed by atoms with Gasteiger partial charge in [-0.25, -0.2) is 0 Å². The fourth-order valence-electron chi connectivity index (χ4n) is 12.3. The van der Waals surface area contributed by atoms with E-state index >= 15 is 0 Å². The van der Waals surface area contributed by atoms with E-state index in [2.05, 4.69) is 197 Å². The van der Waals surface area contributed by atoms with E-state index in [0.717, 1.165) is 57.2 Å². The number of fused-ring (bicyclic) bond motifs is 4. The van der Waals surface area contributed by atoms with Crippen molar-refractivity contribution in [2.75, 3.05) is 39.3 Å². The predicted octanol–water partition coefficient (Wildman–Crippen LogP) is 16.7. The lowest BCUT2D eigenvalue weighted by atomic mass is 9.86. The first-order valence-corrected chi connectivity index (χ1v) is 29.0. The molecule has 2 fully saturated rings. The molecule has 2 aliphatic heterocycles. The Bertz CT molecular complexity index is 2710. The van der Waals surface area contributed by atoms with Crippen molar-refractivity contribution < 1.29 is 5.11 Å². The minimum absolute atomic E-state index is 0.153. The molecule has 0 aromatic heterocycles. The minimum atomic E-state index is -0.349. The zero-order valence-electron chi connectivity index (χ0n) is 46.3. The number of hydrogen-bond donors (Lipinski definition) is 1. The molecule has 388 valence electrons. The molecule has 0 spiro atoms. The highest BCUT2D eigenvalue weighted by Gasteiger charge is 2.26. The van der Waals surface area contributed by atoms with E-state index in [-0.39, 0.29) is 16.9 Å². The Hall–Kier alpha value is -5.32. The average Bonchev–Trinajstić information content (AvgIpc) is 3.69. The number of rotatable bonds is 13. The van der Waals surface area contributed by atoms with Crippen molar-refractivity contribution in [1.29, 1.82) is 0 Å². The summed E-state index contributed by atoms with van der Waals surface area (Å²) in [5.74, 6) is 0. The van der Waals surface area contributed by atoms with Gasteiger partial charge in [0.1, 0.15) is 0 Å². The van der Waals surface area contributed by atoms with Gasteiger partial charge in [0, 0.05) is 26.2 Å². The number of likely N-dealkylation sites (tertiary alicyclic amines) is 2. The van der Waals surface area contributed by atoms with E-state index in [4.69, 9.17) is 0 Å². The summed E-state index contributed by atoms with van der Waals surface area (Å²) < 4.78 is 0. The van der Waals surface area contributed by atoms with Crippen LogP contribution in [0.2, 0.25) is 0 Å². The van der Waals surface area contributed by atoms with Crippen LogP contribution >= 0.6 is 0 Å². The fourth-order valence-corrected chi connectivity index (χ4v) is 12.3. The van der Waals surface area contributed by atoms with Gasteiger partial charge in [0.05, 0.1) is 6.10 Å². The van der Waals surface area contributed by atoms with Crippen LogP contribution < -0.4 is 0 Å². The van der Waals surface area contributed by atoms with Gasteiger partial charge < -0.3 is 14.9 Å². The molecular formula is C71H88N2O. The highest BCUT2D eigenvalue weighted by atomic mass is 16.3. The number of benzene rings is 6. The summed E-state index contributed by atoms with van der Waals surface area (Å²) in [6, 6.07) is 54.3. The third kappa shape index (κ3) is 13.7. The molecule has 3 heteroatoms. The topological polar surface area (TPSA) is 26.7 Å². The molecule has 0 bridgehead atoms. The first-order valence-electron chi connectivity index (χ1n) is 29.0. The third-order valence-corrected chi connectivity index (χ3v) is 17.0. The highest BCUT2D eigenvalue weighted by molar-refractivity contribution is 5.87. The number of aliphatic hydroxyl groups excluding tert-OH is 1. The quantitative estimate of drug-likeness (QED) is 0.117. The van der Waals surface area contributed by atoms with Crippen LogP contribution in [0.25, 0.3) is 11.1 Å². The maximum Gasteiger partial charge on any atom is 0.0790 e. The van der Waals surface area contributed by atoms with Gasteiger partial charge in [-0.2, -0.15) is 0 Å². The van der Waals surface area contributed by atoms with E-state index in [1.54, 1.807) is 16.7 Å². The molecular weight excluding hydrogens is 897 g/mol. The second-order valence-corrected chi connectivity index (χ2v) is 24.3. The molecule has 0 amide bonds. The average molecular weight is 985 g/mol.